The number of ether oxygens (including phenoxy) is 2. The number of fused-ring (bicyclic) bond motifs is 3. The van der Waals surface area contributed by atoms with Crippen molar-refractivity contribution in [1.82, 2.24) is 9.55 Å². The van der Waals surface area contributed by atoms with Gasteiger partial charge < -0.3 is 14.8 Å². The summed E-state index contributed by atoms with van der Waals surface area (Å²) in [5, 5.41) is 6.27. The van der Waals surface area contributed by atoms with Crippen molar-refractivity contribution in [2.45, 2.75) is 37.9 Å². The Labute approximate surface area is 237 Å². The van der Waals surface area contributed by atoms with Crippen molar-refractivity contribution in [1.29, 1.82) is 0 Å². The third-order valence-corrected chi connectivity index (χ3v) is 9.42. The third-order valence-electron chi connectivity index (χ3n) is 6.36. The first-order valence-electron chi connectivity index (χ1n) is 12.5. The summed E-state index contributed by atoms with van der Waals surface area (Å²) in [6.07, 6.45) is 4.59. The molecule has 1 N–H and O–H groups in total. The van der Waals surface area contributed by atoms with Gasteiger partial charge >= 0.3 is 5.97 Å². The summed E-state index contributed by atoms with van der Waals surface area (Å²) in [7, 11) is 1.59. The maximum Gasteiger partial charge on any atom is 0.341 e. The molecule has 1 aromatic carbocycles. The standard InChI is InChI=1S/C28H27N3O5S3/c1-4-13-31-26(33)22-18-7-6-8-20(18)39-25(22)30-28(31)38-15-21(32)29-24-23(27(34)36-5-2)19(14-37-24)16-9-11-17(35-3)12-10-16/h4,9-12,14H,1,5-8,13,15H2,2-3H3,(H,29,32). The second-order valence-electron chi connectivity index (χ2n) is 8.78. The number of amides is 1. The van der Waals surface area contributed by atoms with Gasteiger partial charge in [0.25, 0.3) is 5.56 Å². The highest BCUT2D eigenvalue weighted by atomic mass is 32.2. The van der Waals surface area contributed by atoms with Crippen molar-refractivity contribution in [3.63, 3.8) is 0 Å². The minimum atomic E-state index is -0.509. The summed E-state index contributed by atoms with van der Waals surface area (Å²) in [5.41, 5.74) is 2.81. The quantitative estimate of drug-likeness (QED) is 0.110. The van der Waals surface area contributed by atoms with E-state index in [0.717, 1.165) is 35.2 Å². The Balaban J connectivity index is 1.39. The maximum absolute atomic E-state index is 13.4. The van der Waals surface area contributed by atoms with E-state index in [1.165, 1.54) is 28.0 Å². The van der Waals surface area contributed by atoms with Crippen LogP contribution in [-0.2, 0) is 28.9 Å². The number of nitrogens with zero attached hydrogens (tertiary/aromatic N) is 2. The Morgan fingerprint density at radius 3 is 2.77 bits per heavy atom. The number of methoxy groups -OCH3 is 1. The van der Waals surface area contributed by atoms with Crippen molar-refractivity contribution in [3.8, 4) is 16.9 Å². The average Bonchev–Trinajstić information content (AvgIpc) is 3.64. The molecule has 8 nitrogen and oxygen atoms in total. The summed E-state index contributed by atoms with van der Waals surface area (Å²) >= 11 is 4.02. The lowest BCUT2D eigenvalue weighted by molar-refractivity contribution is -0.113. The molecule has 0 aliphatic heterocycles. The molecule has 0 spiro atoms. The fraction of sp³-hybridized carbons (Fsp3) is 0.286. The van der Waals surface area contributed by atoms with E-state index in [9.17, 15) is 14.4 Å². The predicted octanol–water partition coefficient (Wildman–Crippen LogP) is 5.78. The second kappa shape index (κ2) is 11.8. The van der Waals surface area contributed by atoms with Crippen LogP contribution in [-0.4, -0.2) is 40.9 Å². The number of benzene rings is 1. The number of thiophene rings is 2. The molecule has 202 valence electrons. The third kappa shape index (κ3) is 5.39. The molecule has 3 heterocycles. The molecule has 0 fully saturated rings. The van der Waals surface area contributed by atoms with Crippen LogP contribution in [0.3, 0.4) is 0 Å². The molecule has 5 rings (SSSR count). The molecule has 1 amide bonds. The molecule has 11 heteroatoms. The molecule has 4 aromatic rings. The summed E-state index contributed by atoms with van der Waals surface area (Å²) < 4.78 is 12.1. The minimum Gasteiger partial charge on any atom is -0.497 e. The van der Waals surface area contributed by atoms with Gasteiger partial charge in [-0.1, -0.05) is 30.0 Å². The van der Waals surface area contributed by atoms with Crippen LogP contribution in [0.5, 0.6) is 5.75 Å². The van der Waals surface area contributed by atoms with E-state index in [0.29, 0.717) is 39.0 Å². The van der Waals surface area contributed by atoms with E-state index >= 15 is 0 Å². The van der Waals surface area contributed by atoms with E-state index < -0.39 is 5.97 Å². The van der Waals surface area contributed by atoms with Crippen LogP contribution in [0.1, 0.15) is 34.1 Å². The minimum absolute atomic E-state index is 0.0121. The highest BCUT2D eigenvalue weighted by Crippen LogP contribution is 2.38. The zero-order valence-corrected chi connectivity index (χ0v) is 24.0. The highest BCUT2D eigenvalue weighted by molar-refractivity contribution is 7.99. The van der Waals surface area contributed by atoms with Gasteiger partial charge in [0, 0.05) is 22.4 Å². The molecule has 0 radical (unpaired) electrons. The number of esters is 1. The highest BCUT2D eigenvalue weighted by Gasteiger charge is 2.25. The molecule has 0 saturated heterocycles. The first-order chi connectivity index (χ1) is 18.9. The Bertz CT molecular complexity index is 1620. The number of aryl methyl sites for hydroxylation is 2. The molecule has 0 saturated carbocycles. The Kier molecular flexibility index (Phi) is 8.20. The smallest absolute Gasteiger partial charge is 0.341 e. The number of anilines is 1. The van der Waals surface area contributed by atoms with Crippen LogP contribution in [0.15, 0.2) is 52.3 Å². The summed E-state index contributed by atoms with van der Waals surface area (Å²) in [4.78, 5) is 46.0. The van der Waals surface area contributed by atoms with Crippen molar-refractivity contribution < 1.29 is 19.1 Å². The normalized spacial score (nSPS) is 12.4. The number of hydrogen-bond acceptors (Lipinski definition) is 9. The molecule has 1 aliphatic carbocycles. The molecule has 1 aliphatic rings. The van der Waals surface area contributed by atoms with E-state index in [1.54, 1.807) is 36.0 Å². The van der Waals surface area contributed by atoms with E-state index in [4.69, 9.17) is 14.5 Å². The van der Waals surface area contributed by atoms with Crippen LogP contribution in [0.2, 0.25) is 0 Å². The van der Waals surface area contributed by atoms with E-state index in [-0.39, 0.29) is 23.8 Å². The van der Waals surface area contributed by atoms with Crippen LogP contribution in [0.25, 0.3) is 21.3 Å². The Morgan fingerprint density at radius 1 is 1.26 bits per heavy atom. The molecule has 0 unspecified atom stereocenters. The Morgan fingerprint density at radius 2 is 2.05 bits per heavy atom. The number of allylic oxidation sites excluding steroid dienone is 1. The summed E-state index contributed by atoms with van der Waals surface area (Å²) in [6.45, 7) is 6.04. The lowest BCUT2D eigenvalue weighted by Gasteiger charge is -2.11. The van der Waals surface area contributed by atoms with Gasteiger partial charge in [0.15, 0.2) is 5.16 Å². The molecule has 0 atom stereocenters. The van der Waals surface area contributed by atoms with Gasteiger partial charge in [-0.2, -0.15) is 0 Å². The number of aromatic nitrogens is 2. The molecular formula is C28H27N3O5S3. The zero-order chi connectivity index (χ0) is 27.5. The van der Waals surface area contributed by atoms with Crippen molar-refractivity contribution >= 4 is 61.5 Å². The summed E-state index contributed by atoms with van der Waals surface area (Å²) in [6, 6.07) is 7.33. The number of nitrogens with one attached hydrogen (secondary N) is 1. The monoisotopic (exact) mass is 581 g/mol. The molecular weight excluding hydrogens is 555 g/mol. The zero-order valence-electron chi connectivity index (χ0n) is 21.6. The van der Waals surface area contributed by atoms with Gasteiger partial charge in [-0.15, -0.1) is 29.3 Å². The lowest BCUT2D eigenvalue weighted by Crippen LogP contribution is -2.24. The Hall–Kier alpha value is -3.41. The van der Waals surface area contributed by atoms with Crippen LogP contribution in [0, 0.1) is 0 Å². The number of hydrogen-bond donors (Lipinski definition) is 1. The van der Waals surface area contributed by atoms with Gasteiger partial charge in [-0.25, -0.2) is 9.78 Å². The van der Waals surface area contributed by atoms with Gasteiger partial charge in [-0.05, 0) is 49.4 Å². The van der Waals surface area contributed by atoms with Crippen molar-refractivity contribution in [3.05, 3.63) is 68.7 Å². The predicted molar refractivity (Wildman–Crippen MR) is 158 cm³/mol. The van der Waals surface area contributed by atoms with Crippen LogP contribution in [0.4, 0.5) is 5.00 Å². The lowest BCUT2D eigenvalue weighted by atomic mass is 10.0. The molecule has 0 bridgehead atoms. The molecule has 3 aromatic heterocycles. The van der Waals surface area contributed by atoms with Crippen molar-refractivity contribution in [2.24, 2.45) is 0 Å². The van der Waals surface area contributed by atoms with Crippen molar-refractivity contribution in [2.75, 3.05) is 24.8 Å². The number of carbonyl (C=O) groups excluding carboxylic acids is 2. The molecule has 39 heavy (non-hydrogen) atoms. The van der Waals surface area contributed by atoms with Gasteiger partial charge in [0.05, 0.1) is 24.9 Å². The first-order valence-corrected chi connectivity index (χ1v) is 15.1. The first kappa shape index (κ1) is 27.2. The van der Waals surface area contributed by atoms with Gasteiger partial charge in [0.1, 0.15) is 21.1 Å². The van der Waals surface area contributed by atoms with Gasteiger partial charge in [0.2, 0.25) is 5.91 Å². The number of thioether (sulfide) groups is 1. The SMILES string of the molecule is C=CCn1c(SCC(=O)Nc2scc(-c3ccc(OC)cc3)c2C(=O)OCC)nc2sc3c(c2c1=O)CCC3. The maximum atomic E-state index is 13.4. The number of carbonyl (C=O) groups is 2. The number of rotatable bonds is 10. The van der Waals surface area contributed by atoms with E-state index in [1.807, 2.05) is 29.6 Å². The second-order valence-corrected chi connectivity index (χ2v) is 11.7. The largest absolute Gasteiger partial charge is 0.497 e. The van der Waals surface area contributed by atoms with Gasteiger partial charge in [-0.3, -0.25) is 14.2 Å². The van der Waals surface area contributed by atoms with Crippen LogP contribution >= 0.6 is 34.4 Å². The summed E-state index contributed by atoms with van der Waals surface area (Å²) in [5.74, 6) is -0.115. The fourth-order valence-corrected chi connectivity index (χ4v) is 7.67. The average molecular weight is 582 g/mol. The van der Waals surface area contributed by atoms with Crippen LogP contribution < -0.4 is 15.6 Å². The fourth-order valence-electron chi connectivity index (χ4n) is 4.59. The topological polar surface area (TPSA) is 99.5 Å². The van der Waals surface area contributed by atoms with E-state index in [2.05, 4.69) is 11.9 Å².